The highest BCUT2D eigenvalue weighted by Gasteiger charge is 2.25. The zero-order valence-corrected chi connectivity index (χ0v) is 16.4. The molecule has 0 bridgehead atoms. The topological polar surface area (TPSA) is 81.4 Å². The number of benzene rings is 3. The molecule has 4 rings (SSSR count). The molecule has 1 atom stereocenters. The van der Waals surface area contributed by atoms with Crippen LogP contribution in [0, 0.1) is 0 Å². The van der Waals surface area contributed by atoms with Crippen LogP contribution in [-0.4, -0.2) is 23.0 Å². The highest BCUT2D eigenvalue weighted by molar-refractivity contribution is 6.00. The number of anilines is 1. The minimum absolute atomic E-state index is 0.287. The van der Waals surface area contributed by atoms with Crippen molar-refractivity contribution < 1.29 is 18.7 Å². The number of para-hydroxylation sites is 3. The number of amides is 1. The van der Waals surface area contributed by atoms with E-state index in [2.05, 4.69) is 10.3 Å². The number of ether oxygens (including phenoxy) is 1. The van der Waals surface area contributed by atoms with Gasteiger partial charge in [0.15, 0.2) is 11.7 Å². The lowest BCUT2D eigenvalue weighted by Crippen LogP contribution is -2.32. The first-order chi connectivity index (χ1) is 14.7. The summed E-state index contributed by atoms with van der Waals surface area (Å²) in [5.74, 6) is -0.662. The summed E-state index contributed by atoms with van der Waals surface area (Å²) >= 11 is 0. The molecule has 1 aromatic heterocycles. The normalized spacial score (nSPS) is 11.8. The fourth-order valence-corrected chi connectivity index (χ4v) is 3.09. The van der Waals surface area contributed by atoms with Crippen molar-refractivity contribution >= 4 is 28.7 Å². The Morgan fingerprint density at radius 3 is 2.43 bits per heavy atom. The van der Waals surface area contributed by atoms with Gasteiger partial charge in [0.05, 0.1) is 11.1 Å². The molecule has 150 valence electrons. The molecule has 0 saturated carbocycles. The molecule has 30 heavy (non-hydrogen) atoms. The highest BCUT2D eigenvalue weighted by atomic mass is 16.5. The summed E-state index contributed by atoms with van der Waals surface area (Å²) in [4.78, 5) is 29.9. The molecular formula is C24H20N2O4. The predicted octanol–water partition coefficient (Wildman–Crippen LogP) is 5.07. The number of carbonyl (C=O) groups is 2. The van der Waals surface area contributed by atoms with E-state index in [9.17, 15) is 9.59 Å². The number of hydrogen-bond donors (Lipinski definition) is 1. The third-order valence-electron chi connectivity index (χ3n) is 4.63. The summed E-state index contributed by atoms with van der Waals surface area (Å²) in [6, 6.07) is 23.3. The summed E-state index contributed by atoms with van der Waals surface area (Å²) in [6.07, 6.45) is -0.579. The number of oxazole rings is 1. The quantitative estimate of drug-likeness (QED) is 0.457. The van der Waals surface area contributed by atoms with Crippen molar-refractivity contribution in [2.24, 2.45) is 0 Å². The van der Waals surface area contributed by atoms with Crippen LogP contribution in [0.15, 0.2) is 83.3 Å². The van der Waals surface area contributed by atoms with E-state index < -0.39 is 12.1 Å². The Kier molecular flexibility index (Phi) is 5.57. The second-order valence-electron chi connectivity index (χ2n) is 6.69. The molecule has 0 saturated heterocycles. The molecule has 1 N–H and O–H groups in total. The average Bonchev–Trinajstić information content (AvgIpc) is 3.22. The number of aromatic nitrogens is 1. The standard InChI is InChI=1S/C24H20N2O4/c1-2-20(22(27)25-16-10-4-3-5-11-16)30-24(28)18-13-7-6-12-17(18)23-26-19-14-8-9-15-21(19)29-23/h3-15,20H,2H2,1H3,(H,25,27). The van der Waals surface area contributed by atoms with Crippen LogP contribution >= 0.6 is 0 Å². The van der Waals surface area contributed by atoms with E-state index in [1.165, 1.54) is 0 Å². The monoisotopic (exact) mass is 400 g/mol. The number of nitrogens with zero attached hydrogens (tertiary/aromatic N) is 1. The van der Waals surface area contributed by atoms with Gasteiger partial charge in [-0.15, -0.1) is 0 Å². The summed E-state index contributed by atoms with van der Waals surface area (Å²) in [5, 5.41) is 2.77. The van der Waals surface area contributed by atoms with Gasteiger partial charge in [0, 0.05) is 5.69 Å². The molecule has 0 spiro atoms. The molecule has 0 fully saturated rings. The SMILES string of the molecule is CCC(OC(=O)c1ccccc1-c1nc2ccccc2o1)C(=O)Nc1ccccc1. The molecule has 0 radical (unpaired) electrons. The maximum Gasteiger partial charge on any atom is 0.339 e. The van der Waals surface area contributed by atoms with Gasteiger partial charge in [-0.3, -0.25) is 4.79 Å². The number of esters is 1. The van der Waals surface area contributed by atoms with Crippen LogP contribution in [0.2, 0.25) is 0 Å². The van der Waals surface area contributed by atoms with Crippen molar-refractivity contribution in [3.05, 3.63) is 84.4 Å². The van der Waals surface area contributed by atoms with Crippen molar-refractivity contribution in [1.82, 2.24) is 4.98 Å². The van der Waals surface area contributed by atoms with Gasteiger partial charge in [-0.2, -0.15) is 0 Å². The molecule has 1 heterocycles. The Hall–Kier alpha value is -3.93. The van der Waals surface area contributed by atoms with Gasteiger partial charge in [-0.25, -0.2) is 9.78 Å². The first-order valence-electron chi connectivity index (χ1n) is 9.67. The molecule has 6 nitrogen and oxygen atoms in total. The number of carbonyl (C=O) groups excluding carboxylic acids is 2. The lowest BCUT2D eigenvalue weighted by atomic mass is 10.1. The Bertz CT molecular complexity index is 1150. The molecule has 0 aliphatic carbocycles. The molecule has 0 aliphatic heterocycles. The van der Waals surface area contributed by atoms with Crippen LogP contribution in [0.4, 0.5) is 5.69 Å². The smallest absolute Gasteiger partial charge is 0.339 e. The minimum Gasteiger partial charge on any atom is -0.449 e. The minimum atomic E-state index is -0.922. The average molecular weight is 400 g/mol. The summed E-state index contributed by atoms with van der Waals surface area (Å²) in [5.41, 5.74) is 2.77. The molecule has 6 heteroatoms. The lowest BCUT2D eigenvalue weighted by molar-refractivity contribution is -0.124. The van der Waals surface area contributed by atoms with E-state index in [1.54, 1.807) is 43.3 Å². The summed E-state index contributed by atoms with van der Waals surface area (Å²) in [7, 11) is 0. The summed E-state index contributed by atoms with van der Waals surface area (Å²) < 4.78 is 11.3. The molecule has 1 unspecified atom stereocenters. The van der Waals surface area contributed by atoms with Crippen molar-refractivity contribution in [3.8, 4) is 11.5 Å². The second-order valence-corrected chi connectivity index (χ2v) is 6.69. The maximum atomic E-state index is 12.9. The molecule has 3 aromatic carbocycles. The van der Waals surface area contributed by atoms with Crippen LogP contribution in [0.5, 0.6) is 0 Å². The predicted molar refractivity (Wildman–Crippen MR) is 114 cm³/mol. The molecule has 0 aliphatic rings. The Morgan fingerprint density at radius 1 is 0.967 bits per heavy atom. The van der Waals surface area contributed by atoms with E-state index in [-0.39, 0.29) is 11.5 Å². The second kappa shape index (κ2) is 8.61. The van der Waals surface area contributed by atoms with Crippen LogP contribution in [0.3, 0.4) is 0 Å². The van der Waals surface area contributed by atoms with Gasteiger partial charge >= 0.3 is 5.97 Å². The molecule has 4 aromatic rings. The number of hydrogen-bond acceptors (Lipinski definition) is 5. The maximum absolute atomic E-state index is 12.9. The Labute approximate surface area is 173 Å². The van der Waals surface area contributed by atoms with Crippen LogP contribution in [0.25, 0.3) is 22.6 Å². The van der Waals surface area contributed by atoms with Crippen molar-refractivity contribution in [1.29, 1.82) is 0 Å². The fraction of sp³-hybridized carbons (Fsp3) is 0.125. The largest absolute Gasteiger partial charge is 0.449 e. The first kappa shape index (κ1) is 19.4. The van der Waals surface area contributed by atoms with E-state index in [4.69, 9.17) is 9.15 Å². The van der Waals surface area contributed by atoms with Crippen molar-refractivity contribution in [2.75, 3.05) is 5.32 Å². The molecular weight excluding hydrogens is 380 g/mol. The van der Waals surface area contributed by atoms with Gasteiger partial charge in [0.25, 0.3) is 5.91 Å². The molecule has 1 amide bonds. The van der Waals surface area contributed by atoms with Gasteiger partial charge in [0.1, 0.15) is 5.52 Å². The van der Waals surface area contributed by atoms with Crippen LogP contribution in [-0.2, 0) is 9.53 Å². The van der Waals surface area contributed by atoms with E-state index in [1.807, 2.05) is 42.5 Å². The third kappa shape index (κ3) is 4.07. The summed E-state index contributed by atoms with van der Waals surface area (Å²) in [6.45, 7) is 1.79. The van der Waals surface area contributed by atoms with Gasteiger partial charge in [0.2, 0.25) is 5.89 Å². The zero-order valence-electron chi connectivity index (χ0n) is 16.4. The van der Waals surface area contributed by atoms with E-state index >= 15 is 0 Å². The number of nitrogens with one attached hydrogen (secondary N) is 1. The Morgan fingerprint density at radius 2 is 1.67 bits per heavy atom. The third-order valence-corrected chi connectivity index (χ3v) is 4.63. The first-order valence-corrected chi connectivity index (χ1v) is 9.67. The van der Waals surface area contributed by atoms with E-state index in [0.29, 0.717) is 34.7 Å². The van der Waals surface area contributed by atoms with Crippen molar-refractivity contribution in [2.45, 2.75) is 19.4 Å². The van der Waals surface area contributed by atoms with Crippen molar-refractivity contribution in [3.63, 3.8) is 0 Å². The Balaban J connectivity index is 1.56. The lowest BCUT2D eigenvalue weighted by Gasteiger charge is -2.17. The highest BCUT2D eigenvalue weighted by Crippen LogP contribution is 2.27. The number of rotatable bonds is 6. The van der Waals surface area contributed by atoms with Crippen LogP contribution in [0.1, 0.15) is 23.7 Å². The van der Waals surface area contributed by atoms with E-state index in [0.717, 1.165) is 0 Å². The van der Waals surface area contributed by atoms with Gasteiger partial charge in [-0.05, 0) is 42.8 Å². The number of fused-ring (bicyclic) bond motifs is 1. The van der Waals surface area contributed by atoms with Gasteiger partial charge in [-0.1, -0.05) is 49.4 Å². The van der Waals surface area contributed by atoms with Crippen LogP contribution < -0.4 is 5.32 Å². The van der Waals surface area contributed by atoms with Gasteiger partial charge < -0.3 is 14.5 Å². The zero-order chi connectivity index (χ0) is 20.9. The fourth-order valence-electron chi connectivity index (χ4n) is 3.09.